The first kappa shape index (κ1) is 19.2. The molecule has 0 amide bonds. The highest BCUT2D eigenvalue weighted by atomic mass is 35.5. The highest BCUT2D eigenvalue weighted by Crippen LogP contribution is 2.34. The van der Waals surface area contributed by atoms with Crippen molar-refractivity contribution < 1.29 is 13.2 Å². The fourth-order valence-corrected chi connectivity index (χ4v) is 5.29. The molecule has 2 aromatic carbocycles. The van der Waals surface area contributed by atoms with Crippen LogP contribution in [0, 0.1) is 0 Å². The van der Waals surface area contributed by atoms with Gasteiger partial charge in [0, 0.05) is 34.9 Å². The van der Waals surface area contributed by atoms with E-state index < -0.39 is 10.0 Å². The summed E-state index contributed by atoms with van der Waals surface area (Å²) in [4.78, 5) is 4.35. The van der Waals surface area contributed by atoms with Gasteiger partial charge in [0.15, 0.2) is 0 Å². The maximum atomic E-state index is 13.2. The van der Waals surface area contributed by atoms with Crippen LogP contribution >= 0.6 is 23.2 Å². The van der Waals surface area contributed by atoms with Gasteiger partial charge in [-0.25, -0.2) is 13.4 Å². The molecular formula is C20H16Cl2N2O3S. The molecule has 0 N–H and O–H groups in total. The molecule has 0 aliphatic carbocycles. The number of ether oxygens (including phenoxy) is 1. The molecule has 0 atom stereocenters. The van der Waals surface area contributed by atoms with Crippen molar-refractivity contribution in [2.75, 3.05) is 13.2 Å². The summed E-state index contributed by atoms with van der Waals surface area (Å²) in [6.07, 6.45) is 1.67. The van der Waals surface area contributed by atoms with Gasteiger partial charge in [-0.2, -0.15) is 4.31 Å². The number of rotatable bonds is 3. The first-order valence-corrected chi connectivity index (χ1v) is 10.8. The standard InChI is InChI=1S/C20H16Cl2N2O3S/c21-15-10-16(22)12-17(11-15)28(25,26)24-8-9-27-20-19(13-24)18(6-7-23-20)14-4-2-1-3-5-14/h1-7,10-12H,8-9,13H2. The molecule has 3 aromatic rings. The van der Waals surface area contributed by atoms with E-state index >= 15 is 0 Å². The molecule has 0 bridgehead atoms. The minimum atomic E-state index is -3.82. The first-order valence-electron chi connectivity index (χ1n) is 8.57. The Morgan fingerprint density at radius 3 is 2.43 bits per heavy atom. The molecule has 0 spiro atoms. The van der Waals surface area contributed by atoms with Crippen molar-refractivity contribution in [1.29, 1.82) is 0 Å². The van der Waals surface area contributed by atoms with Crippen molar-refractivity contribution in [2.24, 2.45) is 0 Å². The summed E-state index contributed by atoms with van der Waals surface area (Å²) in [6.45, 7) is 0.530. The lowest BCUT2D eigenvalue weighted by Gasteiger charge is -2.21. The predicted molar refractivity (Wildman–Crippen MR) is 109 cm³/mol. The van der Waals surface area contributed by atoms with Gasteiger partial charge in [0.05, 0.1) is 4.90 Å². The maximum Gasteiger partial charge on any atom is 0.243 e. The molecule has 1 aromatic heterocycles. The number of halogens is 2. The van der Waals surface area contributed by atoms with E-state index in [1.54, 1.807) is 6.20 Å². The summed E-state index contributed by atoms with van der Waals surface area (Å²) < 4.78 is 33.6. The molecule has 2 heterocycles. The van der Waals surface area contributed by atoms with Gasteiger partial charge < -0.3 is 4.74 Å². The molecular weight excluding hydrogens is 419 g/mol. The molecule has 0 unspecified atom stereocenters. The summed E-state index contributed by atoms with van der Waals surface area (Å²) in [6, 6.07) is 15.9. The third kappa shape index (κ3) is 3.73. The van der Waals surface area contributed by atoms with Gasteiger partial charge in [-0.15, -0.1) is 0 Å². The second-order valence-electron chi connectivity index (χ2n) is 6.30. The Kier molecular flexibility index (Phi) is 5.29. The van der Waals surface area contributed by atoms with Crippen molar-refractivity contribution in [2.45, 2.75) is 11.4 Å². The highest BCUT2D eigenvalue weighted by molar-refractivity contribution is 7.89. The van der Waals surface area contributed by atoms with Gasteiger partial charge in [-0.3, -0.25) is 0 Å². The van der Waals surface area contributed by atoms with E-state index in [1.165, 1.54) is 22.5 Å². The topological polar surface area (TPSA) is 59.5 Å². The Bertz CT molecular complexity index is 1100. The van der Waals surface area contributed by atoms with Crippen molar-refractivity contribution >= 4 is 33.2 Å². The van der Waals surface area contributed by atoms with E-state index in [2.05, 4.69) is 4.98 Å². The third-order valence-corrected chi connectivity index (χ3v) is 6.75. The van der Waals surface area contributed by atoms with E-state index in [-0.39, 0.29) is 34.6 Å². The van der Waals surface area contributed by atoms with Crippen molar-refractivity contribution in [3.05, 3.63) is 76.4 Å². The first-order chi connectivity index (χ1) is 13.4. The van der Waals surface area contributed by atoms with E-state index in [4.69, 9.17) is 27.9 Å². The Morgan fingerprint density at radius 2 is 1.71 bits per heavy atom. The largest absolute Gasteiger partial charge is 0.476 e. The molecule has 28 heavy (non-hydrogen) atoms. The molecule has 4 rings (SSSR count). The van der Waals surface area contributed by atoms with Crippen LogP contribution < -0.4 is 4.74 Å². The van der Waals surface area contributed by atoms with Crippen LogP contribution in [0.1, 0.15) is 5.56 Å². The summed E-state index contributed by atoms with van der Waals surface area (Å²) in [7, 11) is -3.82. The zero-order chi connectivity index (χ0) is 19.7. The lowest BCUT2D eigenvalue weighted by Crippen LogP contribution is -2.32. The van der Waals surface area contributed by atoms with Crippen LogP contribution in [0.3, 0.4) is 0 Å². The summed E-state index contributed by atoms with van der Waals surface area (Å²) in [5, 5.41) is 0.536. The third-order valence-electron chi connectivity index (χ3n) is 4.49. The van der Waals surface area contributed by atoms with E-state index in [1.807, 2.05) is 36.4 Å². The van der Waals surface area contributed by atoms with E-state index in [9.17, 15) is 8.42 Å². The fraction of sp³-hybridized carbons (Fsp3) is 0.150. The zero-order valence-electron chi connectivity index (χ0n) is 14.7. The number of pyridine rings is 1. The Hall–Kier alpha value is -2.12. The van der Waals surface area contributed by atoms with Crippen LogP contribution in [-0.2, 0) is 16.6 Å². The number of benzene rings is 2. The fourth-order valence-electron chi connectivity index (χ4n) is 3.17. The molecule has 0 radical (unpaired) electrons. The number of hydrogen-bond acceptors (Lipinski definition) is 4. The van der Waals surface area contributed by atoms with Crippen LogP contribution in [0.5, 0.6) is 5.88 Å². The maximum absolute atomic E-state index is 13.2. The number of nitrogens with zero attached hydrogens (tertiary/aromatic N) is 2. The Morgan fingerprint density at radius 1 is 1.00 bits per heavy atom. The molecule has 0 saturated carbocycles. The smallest absolute Gasteiger partial charge is 0.243 e. The van der Waals surface area contributed by atoms with Crippen LogP contribution in [0.25, 0.3) is 11.1 Å². The second kappa shape index (κ2) is 7.72. The summed E-state index contributed by atoms with van der Waals surface area (Å²) >= 11 is 12.0. The van der Waals surface area contributed by atoms with Gasteiger partial charge in [0.1, 0.15) is 6.61 Å². The van der Waals surface area contributed by atoms with E-state index in [0.717, 1.165) is 16.7 Å². The number of hydrogen-bond donors (Lipinski definition) is 0. The predicted octanol–water partition coefficient (Wildman–Crippen LogP) is 4.64. The summed E-state index contributed by atoms with van der Waals surface area (Å²) in [5.74, 6) is 0.447. The highest BCUT2D eigenvalue weighted by Gasteiger charge is 2.30. The molecule has 0 saturated heterocycles. The van der Waals surface area contributed by atoms with Crippen LogP contribution in [0.2, 0.25) is 10.0 Å². The number of fused-ring (bicyclic) bond motifs is 1. The van der Waals surface area contributed by atoms with E-state index in [0.29, 0.717) is 5.88 Å². The minimum Gasteiger partial charge on any atom is -0.476 e. The summed E-state index contributed by atoms with van der Waals surface area (Å²) in [5.41, 5.74) is 2.58. The Balaban J connectivity index is 1.78. The average Bonchev–Trinajstić information content (AvgIpc) is 2.91. The molecule has 144 valence electrons. The molecule has 8 heteroatoms. The zero-order valence-corrected chi connectivity index (χ0v) is 17.0. The number of aromatic nitrogens is 1. The molecule has 0 fully saturated rings. The Labute approximate surface area is 173 Å². The van der Waals surface area contributed by atoms with Crippen LogP contribution in [0.15, 0.2) is 65.7 Å². The van der Waals surface area contributed by atoms with Gasteiger partial charge in [-0.05, 0) is 35.4 Å². The van der Waals surface area contributed by atoms with Crippen molar-refractivity contribution in [3.8, 4) is 17.0 Å². The lowest BCUT2D eigenvalue weighted by atomic mass is 10.0. The van der Waals surface area contributed by atoms with Gasteiger partial charge in [0.25, 0.3) is 0 Å². The molecule has 5 nitrogen and oxygen atoms in total. The van der Waals surface area contributed by atoms with Gasteiger partial charge in [-0.1, -0.05) is 53.5 Å². The molecule has 1 aliphatic heterocycles. The van der Waals surface area contributed by atoms with Gasteiger partial charge >= 0.3 is 0 Å². The van der Waals surface area contributed by atoms with Crippen LogP contribution in [-0.4, -0.2) is 30.9 Å². The molecule has 1 aliphatic rings. The SMILES string of the molecule is O=S(=O)(c1cc(Cl)cc(Cl)c1)N1CCOc2nccc(-c3ccccc3)c2C1. The normalized spacial score (nSPS) is 14.8. The lowest BCUT2D eigenvalue weighted by molar-refractivity contribution is 0.285. The second-order valence-corrected chi connectivity index (χ2v) is 9.11. The minimum absolute atomic E-state index is 0.0543. The van der Waals surface area contributed by atoms with Crippen LogP contribution in [0.4, 0.5) is 0 Å². The monoisotopic (exact) mass is 434 g/mol. The quantitative estimate of drug-likeness (QED) is 0.602. The number of sulfonamides is 1. The van der Waals surface area contributed by atoms with Crippen molar-refractivity contribution in [1.82, 2.24) is 9.29 Å². The van der Waals surface area contributed by atoms with Gasteiger partial charge in [0.2, 0.25) is 15.9 Å². The van der Waals surface area contributed by atoms with Crippen molar-refractivity contribution in [3.63, 3.8) is 0 Å². The average molecular weight is 435 g/mol.